The molecule has 8 heteroatoms. The van der Waals surface area contributed by atoms with Gasteiger partial charge in [-0.05, 0) is 12.1 Å². The number of pyridine rings is 1. The van der Waals surface area contributed by atoms with E-state index in [1.54, 1.807) is 6.07 Å². The van der Waals surface area contributed by atoms with Crippen molar-refractivity contribution >= 4 is 29.4 Å². The number of aliphatic carboxylic acids is 2. The van der Waals surface area contributed by atoms with Crippen molar-refractivity contribution in [3.8, 4) is 0 Å². The average molecular weight is 328 g/mol. The van der Waals surface area contributed by atoms with E-state index < -0.39 is 11.9 Å². The van der Waals surface area contributed by atoms with Gasteiger partial charge in [0, 0.05) is 37.2 Å². The summed E-state index contributed by atoms with van der Waals surface area (Å²) in [4.78, 5) is 25.5. The van der Waals surface area contributed by atoms with Crippen LogP contribution < -0.4 is 10.6 Å². The lowest BCUT2D eigenvalue weighted by atomic mass is 9.82. The van der Waals surface area contributed by atoms with Crippen LogP contribution >= 0.6 is 11.6 Å². The highest BCUT2D eigenvalue weighted by molar-refractivity contribution is 6.29. The van der Waals surface area contributed by atoms with E-state index >= 15 is 0 Å². The number of hydrogen-bond donors (Lipinski definition) is 3. The van der Waals surface area contributed by atoms with Gasteiger partial charge in [0.15, 0.2) is 0 Å². The molecule has 1 aromatic rings. The fourth-order valence-electron chi connectivity index (χ4n) is 1.88. The number of carboxylic acids is 2. The summed E-state index contributed by atoms with van der Waals surface area (Å²) < 4.78 is 0. The fourth-order valence-corrected chi connectivity index (χ4v) is 2.04. The molecule has 0 aliphatic carbocycles. The molecule has 1 fully saturated rings. The van der Waals surface area contributed by atoms with E-state index in [1.807, 2.05) is 12.1 Å². The van der Waals surface area contributed by atoms with Gasteiger partial charge in [-0.25, -0.2) is 14.6 Å². The first-order valence-electron chi connectivity index (χ1n) is 6.47. The molecule has 1 aromatic heterocycles. The molecule has 0 unspecified atom stereocenters. The maximum atomic E-state index is 9.55. The molecule has 0 amide bonds. The standard InChI is InChI=1S/C10H14ClN3.C4H4O4/c1-10(5-12)6-14(7-10)9-4-2-3-8(11)13-9;5-3(6)1-2-4(7)8/h2-4H,5-7,12H2,1H3;1-2H,(H,5,6)(H,7,8)/b;2-1-. The van der Waals surface area contributed by atoms with E-state index in [1.165, 1.54) is 0 Å². The number of carboxylic acid groups (broad SMARTS) is 2. The summed E-state index contributed by atoms with van der Waals surface area (Å²) in [5.74, 6) is -1.57. The minimum Gasteiger partial charge on any atom is -0.478 e. The summed E-state index contributed by atoms with van der Waals surface area (Å²) in [6.45, 7) is 4.85. The number of anilines is 1. The number of halogens is 1. The Morgan fingerprint density at radius 1 is 1.36 bits per heavy atom. The highest BCUT2D eigenvalue weighted by atomic mass is 35.5. The van der Waals surface area contributed by atoms with Crippen LogP contribution in [0.5, 0.6) is 0 Å². The Kier molecular flexibility index (Phi) is 6.33. The molecule has 0 radical (unpaired) electrons. The molecule has 1 aliphatic heterocycles. The Morgan fingerprint density at radius 2 is 1.91 bits per heavy atom. The van der Waals surface area contributed by atoms with Crippen molar-refractivity contribution < 1.29 is 19.8 Å². The highest BCUT2D eigenvalue weighted by Gasteiger charge is 2.37. The maximum absolute atomic E-state index is 9.55. The lowest BCUT2D eigenvalue weighted by Gasteiger charge is -2.48. The van der Waals surface area contributed by atoms with E-state index in [0.29, 0.717) is 17.3 Å². The molecule has 120 valence electrons. The fraction of sp³-hybridized carbons (Fsp3) is 0.357. The van der Waals surface area contributed by atoms with Gasteiger partial charge in [-0.15, -0.1) is 0 Å². The van der Waals surface area contributed by atoms with Crippen LogP contribution in [-0.4, -0.2) is 46.8 Å². The number of rotatable bonds is 4. The Bertz CT molecular complexity index is 555. The molecule has 0 aromatic carbocycles. The topological polar surface area (TPSA) is 117 Å². The third-order valence-corrected chi connectivity index (χ3v) is 3.24. The van der Waals surface area contributed by atoms with Crippen LogP contribution in [0.4, 0.5) is 5.82 Å². The largest absolute Gasteiger partial charge is 0.478 e. The predicted octanol–water partition coefficient (Wildman–Crippen LogP) is 1.23. The van der Waals surface area contributed by atoms with Crippen molar-refractivity contribution in [2.45, 2.75) is 6.92 Å². The van der Waals surface area contributed by atoms with Gasteiger partial charge >= 0.3 is 11.9 Å². The zero-order chi connectivity index (χ0) is 16.8. The first kappa shape index (κ1) is 17.9. The van der Waals surface area contributed by atoms with Gasteiger partial charge in [-0.3, -0.25) is 0 Å². The van der Waals surface area contributed by atoms with Crippen LogP contribution in [0.3, 0.4) is 0 Å². The molecule has 0 spiro atoms. The van der Waals surface area contributed by atoms with Crippen molar-refractivity contribution in [2.24, 2.45) is 11.1 Å². The van der Waals surface area contributed by atoms with E-state index in [0.717, 1.165) is 25.5 Å². The number of nitrogens with two attached hydrogens (primary N) is 1. The monoisotopic (exact) mass is 327 g/mol. The van der Waals surface area contributed by atoms with Gasteiger partial charge in [0.05, 0.1) is 0 Å². The van der Waals surface area contributed by atoms with Gasteiger partial charge in [0.25, 0.3) is 0 Å². The summed E-state index contributed by atoms with van der Waals surface area (Å²) in [5, 5.41) is 16.2. The summed E-state index contributed by atoms with van der Waals surface area (Å²) >= 11 is 5.81. The Morgan fingerprint density at radius 3 is 2.32 bits per heavy atom. The second-order valence-electron chi connectivity index (χ2n) is 5.20. The molecule has 2 rings (SSSR count). The molecule has 4 N–H and O–H groups in total. The van der Waals surface area contributed by atoms with Crippen LogP contribution in [-0.2, 0) is 9.59 Å². The third kappa shape index (κ3) is 5.71. The van der Waals surface area contributed by atoms with Gasteiger partial charge in [0.1, 0.15) is 11.0 Å². The number of nitrogens with zero attached hydrogens (tertiary/aromatic N) is 2. The summed E-state index contributed by atoms with van der Waals surface area (Å²) in [6.07, 6.45) is 1.12. The molecular formula is C14H18ClN3O4. The van der Waals surface area contributed by atoms with E-state index in [-0.39, 0.29) is 5.41 Å². The van der Waals surface area contributed by atoms with Crippen molar-refractivity contribution in [1.82, 2.24) is 4.98 Å². The Hall–Kier alpha value is -2.12. The van der Waals surface area contributed by atoms with Gasteiger partial charge in [-0.1, -0.05) is 24.6 Å². The Balaban J connectivity index is 0.000000261. The lowest BCUT2D eigenvalue weighted by molar-refractivity contribution is -0.134. The van der Waals surface area contributed by atoms with Crippen LogP contribution in [0.25, 0.3) is 0 Å². The maximum Gasteiger partial charge on any atom is 0.328 e. The van der Waals surface area contributed by atoms with Crippen LogP contribution in [0, 0.1) is 5.41 Å². The minimum atomic E-state index is -1.26. The van der Waals surface area contributed by atoms with Crippen molar-refractivity contribution in [2.75, 3.05) is 24.5 Å². The second-order valence-corrected chi connectivity index (χ2v) is 5.59. The zero-order valence-corrected chi connectivity index (χ0v) is 12.8. The predicted molar refractivity (Wildman–Crippen MR) is 83.0 cm³/mol. The summed E-state index contributed by atoms with van der Waals surface area (Å²) in [5.41, 5.74) is 5.92. The molecule has 1 aliphatic rings. The second kappa shape index (κ2) is 7.77. The van der Waals surface area contributed by atoms with E-state index in [2.05, 4.69) is 16.8 Å². The van der Waals surface area contributed by atoms with E-state index in [4.69, 9.17) is 27.5 Å². The van der Waals surface area contributed by atoms with Crippen LogP contribution in [0.2, 0.25) is 5.15 Å². The first-order chi connectivity index (χ1) is 10.3. The quantitative estimate of drug-likeness (QED) is 0.562. The molecule has 1 saturated heterocycles. The van der Waals surface area contributed by atoms with Gasteiger partial charge in [0.2, 0.25) is 0 Å². The molecular weight excluding hydrogens is 310 g/mol. The average Bonchev–Trinajstić information content (AvgIpc) is 2.42. The van der Waals surface area contributed by atoms with Gasteiger partial charge in [-0.2, -0.15) is 0 Å². The van der Waals surface area contributed by atoms with Crippen molar-refractivity contribution in [3.63, 3.8) is 0 Å². The van der Waals surface area contributed by atoms with Crippen LogP contribution in [0.15, 0.2) is 30.4 Å². The lowest BCUT2D eigenvalue weighted by Crippen LogP contribution is -2.58. The molecule has 0 atom stereocenters. The smallest absolute Gasteiger partial charge is 0.328 e. The Labute approximate surface area is 133 Å². The molecule has 2 heterocycles. The SMILES string of the molecule is CC1(CN)CN(c2cccc(Cl)n2)C1.O=C(O)/C=C\C(=O)O. The molecule has 0 bridgehead atoms. The minimum absolute atomic E-state index is 0.254. The van der Waals surface area contributed by atoms with Crippen molar-refractivity contribution in [1.29, 1.82) is 0 Å². The third-order valence-electron chi connectivity index (χ3n) is 3.03. The van der Waals surface area contributed by atoms with Gasteiger partial charge < -0.3 is 20.8 Å². The molecule has 7 nitrogen and oxygen atoms in total. The zero-order valence-electron chi connectivity index (χ0n) is 12.1. The highest BCUT2D eigenvalue weighted by Crippen LogP contribution is 2.32. The number of hydrogen-bond acceptors (Lipinski definition) is 5. The summed E-state index contributed by atoms with van der Waals surface area (Å²) in [6, 6.07) is 5.68. The number of carbonyl (C=O) groups is 2. The molecule has 0 saturated carbocycles. The molecule has 22 heavy (non-hydrogen) atoms. The number of aromatic nitrogens is 1. The van der Waals surface area contributed by atoms with Crippen LogP contribution in [0.1, 0.15) is 6.92 Å². The first-order valence-corrected chi connectivity index (χ1v) is 6.85. The van der Waals surface area contributed by atoms with Crippen molar-refractivity contribution in [3.05, 3.63) is 35.5 Å². The normalized spacial score (nSPS) is 15.7. The van der Waals surface area contributed by atoms with E-state index in [9.17, 15) is 9.59 Å². The summed E-state index contributed by atoms with van der Waals surface area (Å²) in [7, 11) is 0.